The summed E-state index contributed by atoms with van der Waals surface area (Å²) in [6, 6.07) is 6.01. The van der Waals surface area contributed by atoms with Gasteiger partial charge in [-0.3, -0.25) is 0 Å². The van der Waals surface area contributed by atoms with Gasteiger partial charge in [0.25, 0.3) is 0 Å². The van der Waals surface area contributed by atoms with Crippen LogP contribution in [0.2, 0.25) is 0 Å². The largest absolute Gasteiger partial charge is 0.385 e. The van der Waals surface area contributed by atoms with Crippen molar-refractivity contribution < 1.29 is 13.9 Å². The minimum atomic E-state index is -0.296. The number of nitrogens with one attached hydrogen (secondary N) is 1. The number of hydrogen-bond donors (Lipinski definition) is 1. The van der Waals surface area contributed by atoms with E-state index in [0.717, 1.165) is 12.0 Å². The number of halogens is 1. The molecule has 0 aliphatic rings. The van der Waals surface area contributed by atoms with E-state index < -0.39 is 0 Å². The van der Waals surface area contributed by atoms with Gasteiger partial charge in [-0.15, -0.1) is 0 Å². The summed E-state index contributed by atoms with van der Waals surface area (Å²) in [5, 5.41) is 2.73. The fourth-order valence-corrected chi connectivity index (χ4v) is 1.51. The van der Waals surface area contributed by atoms with E-state index in [4.69, 9.17) is 4.74 Å². The lowest BCUT2D eigenvalue weighted by atomic mass is 10.2. The number of urea groups is 1. The first-order valence-corrected chi connectivity index (χ1v) is 5.86. The van der Waals surface area contributed by atoms with Crippen molar-refractivity contribution >= 4 is 6.03 Å². The van der Waals surface area contributed by atoms with E-state index >= 15 is 0 Å². The van der Waals surface area contributed by atoms with Crippen molar-refractivity contribution in [3.05, 3.63) is 35.6 Å². The van der Waals surface area contributed by atoms with Crippen molar-refractivity contribution in [2.24, 2.45) is 0 Å². The first-order chi connectivity index (χ1) is 8.63. The molecular formula is C13H19FN2O2. The van der Waals surface area contributed by atoms with Gasteiger partial charge >= 0.3 is 6.03 Å². The molecule has 0 saturated heterocycles. The number of amides is 2. The van der Waals surface area contributed by atoms with Crippen LogP contribution in [0.3, 0.4) is 0 Å². The van der Waals surface area contributed by atoms with E-state index in [9.17, 15) is 9.18 Å². The maximum Gasteiger partial charge on any atom is 0.317 e. The number of methoxy groups -OCH3 is 1. The van der Waals surface area contributed by atoms with Crippen LogP contribution in [-0.2, 0) is 11.3 Å². The molecule has 0 aromatic heterocycles. The molecule has 1 aromatic carbocycles. The second-order valence-corrected chi connectivity index (χ2v) is 4.06. The Hall–Kier alpha value is -1.62. The van der Waals surface area contributed by atoms with Crippen molar-refractivity contribution in [3.8, 4) is 0 Å². The quantitative estimate of drug-likeness (QED) is 0.789. The normalized spacial score (nSPS) is 10.2. The van der Waals surface area contributed by atoms with Gasteiger partial charge in [0.2, 0.25) is 0 Å². The highest BCUT2D eigenvalue weighted by Crippen LogP contribution is 2.03. The number of carbonyl (C=O) groups is 1. The Morgan fingerprint density at radius 3 is 2.94 bits per heavy atom. The van der Waals surface area contributed by atoms with Crippen LogP contribution in [0, 0.1) is 5.82 Å². The van der Waals surface area contributed by atoms with E-state index in [-0.39, 0.29) is 11.8 Å². The third-order valence-corrected chi connectivity index (χ3v) is 2.52. The molecule has 18 heavy (non-hydrogen) atoms. The molecule has 0 atom stereocenters. The highest BCUT2D eigenvalue weighted by atomic mass is 19.1. The summed E-state index contributed by atoms with van der Waals surface area (Å²) in [5.74, 6) is -0.296. The molecule has 0 saturated carbocycles. The Balaban J connectivity index is 2.32. The molecular weight excluding hydrogens is 235 g/mol. The summed E-state index contributed by atoms with van der Waals surface area (Å²) in [6.07, 6.45) is 0.792. The fraction of sp³-hybridized carbons (Fsp3) is 0.462. The minimum absolute atomic E-state index is 0.171. The standard InChI is InChI=1S/C13H19FN2O2/c1-16(7-4-8-18-2)13(17)15-10-11-5-3-6-12(14)9-11/h3,5-6,9H,4,7-8,10H2,1-2H3,(H,15,17). The molecule has 0 fully saturated rings. The van der Waals surface area contributed by atoms with Crippen molar-refractivity contribution in [1.82, 2.24) is 10.2 Å². The molecule has 2 amide bonds. The predicted octanol–water partition coefficient (Wildman–Crippen LogP) is 2.00. The van der Waals surface area contributed by atoms with Crippen molar-refractivity contribution in [2.75, 3.05) is 27.3 Å². The number of nitrogens with zero attached hydrogens (tertiary/aromatic N) is 1. The second-order valence-electron chi connectivity index (χ2n) is 4.06. The smallest absolute Gasteiger partial charge is 0.317 e. The number of hydrogen-bond acceptors (Lipinski definition) is 2. The molecule has 0 aliphatic heterocycles. The summed E-state index contributed by atoms with van der Waals surface area (Å²) >= 11 is 0. The molecule has 100 valence electrons. The van der Waals surface area contributed by atoms with Crippen LogP contribution in [-0.4, -0.2) is 38.2 Å². The summed E-state index contributed by atoms with van der Waals surface area (Å²) in [5.41, 5.74) is 0.744. The molecule has 0 unspecified atom stereocenters. The van der Waals surface area contributed by atoms with Crippen LogP contribution >= 0.6 is 0 Å². The van der Waals surface area contributed by atoms with Crippen LogP contribution in [0.25, 0.3) is 0 Å². The molecule has 0 bridgehead atoms. The number of ether oxygens (including phenoxy) is 1. The monoisotopic (exact) mass is 254 g/mol. The molecule has 0 radical (unpaired) electrons. The van der Waals surface area contributed by atoms with Gasteiger partial charge in [-0.25, -0.2) is 9.18 Å². The molecule has 0 heterocycles. The number of carbonyl (C=O) groups excluding carboxylic acids is 1. The molecule has 1 aromatic rings. The SMILES string of the molecule is COCCCN(C)C(=O)NCc1cccc(F)c1. The molecule has 4 nitrogen and oxygen atoms in total. The Morgan fingerprint density at radius 1 is 1.50 bits per heavy atom. The van der Waals surface area contributed by atoms with Crippen molar-refractivity contribution in [2.45, 2.75) is 13.0 Å². The minimum Gasteiger partial charge on any atom is -0.385 e. The van der Waals surface area contributed by atoms with Crippen LogP contribution in [0.1, 0.15) is 12.0 Å². The average Bonchev–Trinajstić information content (AvgIpc) is 2.36. The number of rotatable bonds is 6. The average molecular weight is 254 g/mol. The third kappa shape index (κ3) is 5.14. The molecule has 1 rings (SSSR count). The molecule has 0 aliphatic carbocycles. The van der Waals surface area contributed by atoms with E-state index in [2.05, 4.69) is 5.32 Å². The second kappa shape index (κ2) is 7.66. The highest BCUT2D eigenvalue weighted by Gasteiger charge is 2.07. The highest BCUT2D eigenvalue weighted by molar-refractivity contribution is 5.73. The van der Waals surface area contributed by atoms with Crippen LogP contribution in [0.15, 0.2) is 24.3 Å². The topological polar surface area (TPSA) is 41.6 Å². The molecule has 5 heteroatoms. The van der Waals surface area contributed by atoms with Gasteiger partial charge in [0.15, 0.2) is 0 Å². The summed E-state index contributed by atoms with van der Waals surface area (Å²) in [6.45, 7) is 1.58. The van der Waals surface area contributed by atoms with Crippen LogP contribution < -0.4 is 5.32 Å². The lowest BCUT2D eigenvalue weighted by Crippen LogP contribution is -2.37. The maximum atomic E-state index is 12.9. The Kier molecular flexibility index (Phi) is 6.14. The van der Waals surface area contributed by atoms with E-state index in [1.807, 2.05) is 0 Å². The van der Waals surface area contributed by atoms with Gasteiger partial charge in [0.05, 0.1) is 0 Å². The zero-order valence-corrected chi connectivity index (χ0v) is 10.8. The lowest BCUT2D eigenvalue weighted by molar-refractivity contribution is 0.175. The Morgan fingerprint density at radius 2 is 2.28 bits per heavy atom. The fourth-order valence-electron chi connectivity index (χ4n) is 1.51. The van der Waals surface area contributed by atoms with Crippen molar-refractivity contribution in [3.63, 3.8) is 0 Å². The zero-order valence-electron chi connectivity index (χ0n) is 10.8. The zero-order chi connectivity index (χ0) is 13.4. The molecule has 0 spiro atoms. The number of benzene rings is 1. The van der Waals surface area contributed by atoms with Gasteiger partial charge in [-0.1, -0.05) is 12.1 Å². The van der Waals surface area contributed by atoms with E-state index in [1.165, 1.54) is 12.1 Å². The maximum absolute atomic E-state index is 12.9. The van der Waals surface area contributed by atoms with Gasteiger partial charge in [0.1, 0.15) is 5.82 Å². The van der Waals surface area contributed by atoms with Crippen LogP contribution in [0.4, 0.5) is 9.18 Å². The Labute approximate surface area is 107 Å². The molecule has 1 N–H and O–H groups in total. The van der Waals surface area contributed by atoms with E-state index in [1.54, 1.807) is 31.2 Å². The van der Waals surface area contributed by atoms with Crippen molar-refractivity contribution in [1.29, 1.82) is 0 Å². The van der Waals surface area contributed by atoms with Crippen LogP contribution in [0.5, 0.6) is 0 Å². The summed E-state index contributed by atoms with van der Waals surface area (Å²) in [4.78, 5) is 13.3. The van der Waals surface area contributed by atoms with Gasteiger partial charge in [0, 0.05) is 33.9 Å². The predicted molar refractivity (Wildman–Crippen MR) is 67.8 cm³/mol. The van der Waals surface area contributed by atoms with Gasteiger partial charge < -0.3 is 15.0 Å². The first-order valence-electron chi connectivity index (χ1n) is 5.86. The van der Waals surface area contributed by atoms with Gasteiger partial charge in [-0.2, -0.15) is 0 Å². The van der Waals surface area contributed by atoms with Gasteiger partial charge in [-0.05, 0) is 24.1 Å². The lowest BCUT2D eigenvalue weighted by Gasteiger charge is -2.17. The summed E-state index contributed by atoms with van der Waals surface area (Å²) in [7, 11) is 3.35. The first kappa shape index (κ1) is 14.4. The third-order valence-electron chi connectivity index (χ3n) is 2.52. The van der Waals surface area contributed by atoms with E-state index in [0.29, 0.717) is 19.7 Å². The summed E-state index contributed by atoms with van der Waals surface area (Å²) < 4.78 is 17.8. The Bertz CT molecular complexity index is 385.